The number of carbonyl (C=O) groups is 1. The minimum atomic E-state index is 0.134. The van der Waals surface area contributed by atoms with Crippen molar-refractivity contribution in [1.29, 1.82) is 0 Å². The van der Waals surface area contributed by atoms with Crippen LogP contribution in [0.2, 0.25) is 0 Å². The summed E-state index contributed by atoms with van der Waals surface area (Å²) >= 11 is 0. The third-order valence-electron chi connectivity index (χ3n) is 4.76. The third-order valence-corrected chi connectivity index (χ3v) is 4.76. The second kappa shape index (κ2) is 7.54. The fraction of sp³-hybridized carbons (Fsp3) is 0.174. The van der Waals surface area contributed by atoms with Crippen molar-refractivity contribution in [2.75, 3.05) is 7.05 Å². The predicted octanol–water partition coefficient (Wildman–Crippen LogP) is 4.61. The molecule has 3 aromatic carbocycles. The minimum Gasteiger partial charge on any atom is -0.508 e. The van der Waals surface area contributed by atoms with Crippen LogP contribution in [0.15, 0.2) is 78.9 Å². The van der Waals surface area contributed by atoms with Crippen LogP contribution in [0.4, 0.5) is 5.69 Å². The summed E-state index contributed by atoms with van der Waals surface area (Å²) in [5, 5.41) is 9.54. The Labute approximate surface area is 154 Å². The Balaban J connectivity index is 1.97. The third kappa shape index (κ3) is 4.01. The van der Waals surface area contributed by atoms with E-state index in [1.165, 1.54) is 0 Å². The van der Waals surface area contributed by atoms with E-state index >= 15 is 0 Å². The summed E-state index contributed by atoms with van der Waals surface area (Å²) in [6.45, 7) is 2.57. The molecule has 132 valence electrons. The second-order valence-electron chi connectivity index (χ2n) is 6.91. The van der Waals surface area contributed by atoms with Gasteiger partial charge >= 0.3 is 5.91 Å². The van der Waals surface area contributed by atoms with Crippen LogP contribution in [0.5, 0.6) is 5.75 Å². The number of aromatic hydroxyl groups is 1. The predicted molar refractivity (Wildman–Crippen MR) is 106 cm³/mol. The van der Waals surface area contributed by atoms with Gasteiger partial charge in [0, 0.05) is 11.6 Å². The number of likely N-dealkylation sites (N-methyl/N-ethyl adjacent to an activating group) is 1. The lowest BCUT2D eigenvalue weighted by molar-refractivity contribution is -0.129. The van der Waals surface area contributed by atoms with E-state index in [9.17, 15) is 9.90 Å². The molecule has 1 amide bonds. The van der Waals surface area contributed by atoms with E-state index in [1.54, 1.807) is 12.1 Å². The van der Waals surface area contributed by atoms with Gasteiger partial charge in [-0.05, 0) is 48.4 Å². The summed E-state index contributed by atoms with van der Waals surface area (Å²) in [6, 6.07) is 25.0. The van der Waals surface area contributed by atoms with E-state index in [0.29, 0.717) is 13.0 Å². The fourth-order valence-corrected chi connectivity index (χ4v) is 3.17. The highest BCUT2D eigenvalue weighted by molar-refractivity contribution is 5.89. The standard InChI is InChI=1S/C23H23NO2/c1-18-7-6-10-21(15-18)24(2,17-20-11-13-22(25)14-12-20)23(26)16-19-8-4-3-5-9-19/h3-15H,16-17H2,1-2H3/p+1. The van der Waals surface area contributed by atoms with Crippen LogP contribution in [0.3, 0.4) is 0 Å². The first-order valence-electron chi connectivity index (χ1n) is 8.75. The Kier molecular flexibility index (Phi) is 5.19. The van der Waals surface area contributed by atoms with Gasteiger partial charge in [0.1, 0.15) is 18.0 Å². The second-order valence-corrected chi connectivity index (χ2v) is 6.91. The zero-order valence-corrected chi connectivity index (χ0v) is 15.2. The van der Waals surface area contributed by atoms with Crippen molar-refractivity contribution in [2.45, 2.75) is 19.9 Å². The van der Waals surface area contributed by atoms with Gasteiger partial charge in [0.15, 0.2) is 0 Å². The van der Waals surface area contributed by atoms with Crippen LogP contribution in [0, 0.1) is 6.92 Å². The van der Waals surface area contributed by atoms with Crippen molar-refractivity contribution in [3.8, 4) is 5.75 Å². The fourth-order valence-electron chi connectivity index (χ4n) is 3.17. The number of benzene rings is 3. The number of aryl methyl sites for hydroxylation is 1. The van der Waals surface area contributed by atoms with Crippen molar-refractivity contribution < 1.29 is 9.90 Å². The van der Waals surface area contributed by atoms with Crippen molar-refractivity contribution >= 4 is 11.6 Å². The molecule has 0 radical (unpaired) electrons. The molecular formula is C23H24NO2+. The number of rotatable bonds is 5. The van der Waals surface area contributed by atoms with Gasteiger partial charge in [-0.3, -0.25) is 0 Å². The van der Waals surface area contributed by atoms with Crippen molar-refractivity contribution in [1.82, 2.24) is 4.48 Å². The topological polar surface area (TPSA) is 37.3 Å². The van der Waals surface area contributed by atoms with Crippen molar-refractivity contribution in [3.63, 3.8) is 0 Å². The van der Waals surface area contributed by atoms with E-state index in [4.69, 9.17) is 0 Å². The van der Waals surface area contributed by atoms with Crippen LogP contribution < -0.4 is 4.48 Å². The lowest BCUT2D eigenvalue weighted by Gasteiger charge is -2.32. The Morgan fingerprint density at radius 1 is 0.885 bits per heavy atom. The molecule has 0 fully saturated rings. The quantitative estimate of drug-likeness (QED) is 0.685. The van der Waals surface area contributed by atoms with Crippen LogP contribution in [-0.4, -0.2) is 18.1 Å². The summed E-state index contributed by atoms with van der Waals surface area (Å²) in [5.41, 5.74) is 4.12. The Hall–Kier alpha value is -2.91. The summed E-state index contributed by atoms with van der Waals surface area (Å²) in [5.74, 6) is 0.365. The van der Waals surface area contributed by atoms with Gasteiger partial charge in [-0.25, -0.2) is 9.28 Å². The van der Waals surface area contributed by atoms with Gasteiger partial charge in [-0.15, -0.1) is 0 Å². The average molecular weight is 346 g/mol. The maximum atomic E-state index is 13.3. The number of phenols is 1. The number of carbonyl (C=O) groups excluding carboxylic acids is 1. The zero-order valence-electron chi connectivity index (χ0n) is 15.2. The van der Waals surface area contributed by atoms with E-state index in [1.807, 2.05) is 74.6 Å². The molecule has 0 aromatic heterocycles. The average Bonchev–Trinajstić information content (AvgIpc) is 2.64. The molecule has 3 aromatic rings. The maximum Gasteiger partial charge on any atom is 0.323 e. The lowest BCUT2D eigenvalue weighted by Crippen LogP contribution is -2.50. The van der Waals surface area contributed by atoms with Gasteiger partial charge in [-0.1, -0.05) is 42.5 Å². The van der Waals surface area contributed by atoms with Crippen LogP contribution >= 0.6 is 0 Å². The number of nitrogens with zero attached hydrogens (tertiary/aromatic N) is 1. The van der Waals surface area contributed by atoms with Gasteiger partial charge in [0.05, 0.1) is 13.5 Å². The zero-order chi connectivity index (χ0) is 18.6. The van der Waals surface area contributed by atoms with Crippen molar-refractivity contribution in [2.24, 2.45) is 0 Å². The van der Waals surface area contributed by atoms with E-state index in [-0.39, 0.29) is 16.1 Å². The van der Waals surface area contributed by atoms with Gasteiger partial charge in [-0.2, -0.15) is 0 Å². The summed E-state index contributed by atoms with van der Waals surface area (Å²) in [6.07, 6.45) is 0.378. The number of amides is 1. The molecule has 1 unspecified atom stereocenters. The first-order valence-corrected chi connectivity index (χ1v) is 8.75. The summed E-state index contributed by atoms with van der Waals surface area (Å²) < 4.78 is 0.182. The highest BCUT2D eigenvalue weighted by Crippen LogP contribution is 2.27. The molecule has 1 N–H and O–H groups in total. The van der Waals surface area contributed by atoms with E-state index in [2.05, 4.69) is 6.07 Å². The highest BCUT2D eigenvalue weighted by atomic mass is 16.3. The first kappa shape index (κ1) is 17.9. The lowest BCUT2D eigenvalue weighted by atomic mass is 10.1. The van der Waals surface area contributed by atoms with Gasteiger partial charge < -0.3 is 5.11 Å². The van der Waals surface area contributed by atoms with Crippen LogP contribution in [-0.2, 0) is 17.8 Å². The minimum absolute atomic E-state index is 0.134. The summed E-state index contributed by atoms with van der Waals surface area (Å²) in [4.78, 5) is 13.3. The number of hydrogen-bond acceptors (Lipinski definition) is 2. The molecule has 3 heteroatoms. The molecule has 0 spiro atoms. The van der Waals surface area contributed by atoms with Crippen LogP contribution in [0.1, 0.15) is 16.7 Å². The van der Waals surface area contributed by atoms with E-state index < -0.39 is 0 Å². The molecular weight excluding hydrogens is 322 g/mol. The summed E-state index contributed by atoms with van der Waals surface area (Å²) in [7, 11) is 1.97. The SMILES string of the molecule is Cc1cccc([N+](C)(Cc2ccc(O)cc2)C(=O)Cc2ccccc2)c1. The number of quaternary nitrogens is 1. The molecule has 0 aliphatic heterocycles. The molecule has 0 saturated heterocycles. The molecule has 3 rings (SSSR count). The normalized spacial score (nSPS) is 13.2. The molecule has 26 heavy (non-hydrogen) atoms. The van der Waals surface area contributed by atoms with Crippen molar-refractivity contribution in [3.05, 3.63) is 95.6 Å². The largest absolute Gasteiger partial charge is 0.508 e. The first-order chi connectivity index (χ1) is 12.5. The number of phenolic OH excluding ortho intramolecular Hbond substituents is 1. The van der Waals surface area contributed by atoms with Gasteiger partial charge in [0.2, 0.25) is 0 Å². The van der Waals surface area contributed by atoms with Crippen LogP contribution in [0.25, 0.3) is 0 Å². The smallest absolute Gasteiger partial charge is 0.323 e. The molecule has 3 nitrogen and oxygen atoms in total. The number of hydrogen-bond donors (Lipinski definition) is 1. The molecule has 0 heterocycles. The molecule has 0 aliphatic carbocycles. The van der Waals surface area contributed by atoms with E-state index in [0.717, 1.165) is 22.4 Å². The molecule has 0 aliphatic rings. The molecule has 1 atom stereocenters. The molecule has 0 bridgehead atoms. The Morgan fingerprint density at radius 3 is 2.23 bits per heavy atom. The Morgan fingerprint density at radius 2 is 1.58 bits per heavy atom. The monoisotopic (exact) mass is 346 g/mol. The molecule has 0 saturated carbocycles. The highest BCUT2D eigenvalue weighted by Gasteiger charge is 2.34. The van der Waals surface area contributed by atoms with Gasteiger partial charge in [0.25, 0.3) is 0 Å². The maximum absolute atomic E-state index is 13.3. The Bertz CT molecular complexity index is 888.